The summed E-state index contributed by atoms with van der Waals surface area (Å²) in [7, 11) is -1.40. The van der Waals surface area contributed by atoms with E-state index in [0.29, 0.717) is 5.92 Å². The van der Waals surface area contributed by atoms with Gasteiger partial charge in [-0.15, -0.1) is 59.2 Å². The first-order valence-corrected chi connectivity index (χ1v) is 22.7. The van der Waals surface area contributed by atoms with Gasteiger partial charge in [0.1, 0.15) is 5.58 Å². The molecular weight excluding hydrogens is 877 g/mol. The van der Waals surface area contributed by atoms with E-state index in [0.717, 1.165) is 44.5 Å². The third kappa shape index (κ3) is 8.56. The van der Waals surface area contributed by atoms with Crippen molar-refractivity contribution in [2.75, 3.05) is 0 Å². The standard InChI is InChI=1S/C28H24NO.C23H26NSi.Ir/c1-18-14-23-24-16-20(10-11-26(24)30-27(23)15-19(18)2)25-17-22(12-13-29-25)28(3,4)21-8-6-5-7-9-21;1-17(2)21-15-22(24-16-23(21)25(3,4)5)20-13-9-12-19(14-20)18-10-7-6-8-11-18;/h5-9,11-17H,1-4H3;6-12,14-17H,1-5H3;/q2*-1;. The molecule has 3 nitrogen and oxygen atoms in total. The molecule has 0 aliphatic heterocycles. The topological polar surface area (TPSA) is 38.9 Å². The van der Waals surface area contributed by atoms with Crippen LogP contribution in [0.1, 0.15) is 61.4 Å². The average Bonchev–Trinajstić information content (AvgIpc) is 3.54. The van der Waals surface area contributed by atoms with E-state index in [2.05, 4.69) is 188 Å². The fraction of sp³-hybridized carbons (Fsp3) is 0.216. The van der Waals surface area contributed by atoms with Gasteiger partial charge in [0, 0.05) is 43.3 Å². The van der Waals surface area contributed by atoms with E-state index >= 15 is 0 Å². The van der Waals surface area contributed by atoms with Gasteiger partial charge in [-0.1, -0.05) is 131 Å². The van der Waals surface area contributed by atoms with E-state index in [4.69, 9.17) is 9.40 Å². The summed E-state index contributed by atoms with van der Waals surface area (Å²) < 4.78 is 6.06. The van der Waals surface area contributed by atoms with E-state index in [9.17, 15) is 0 Å². The maximum Gasteiger partial charge on any atom is 0.121 e. The van der Waals surface area contributed by atoms with Gasteiger partial charge in [-0.05, 0) is 82.4 Å². The molecule has 8 aromatic rings. The van der Waals surface area contributed by atoms with Crippen molar-refractivity contribution >= 4 is 35.2 Å². The minimum Gasteiger partial charge on any atom is -0.500 e. The number of benzene rings is 5. The molecule has 0 fully saturated rings. The van der Waals surface area contributed by atoms with Crippen LogP contribution >= 0.6 is 0 Å². The van der Waals surface area contributed by atoms with E-state index in [-0.39, 0.29) is 25.5 Å². The minimum atomic E-state index is -1.40. The van der Waals surface area contributed by atoms with Crippen molar-refractivity contribution in [3.05, 3.63) is 174 Å². The molecule has 56 heavy (non-hydrogen) atoms. The third-order valence-corrected chi connectivity index (χ3v) is 12.9. The molecule has 0 atom stereocenters. The Labute approximate surface area is 347 Å². The van der Waals surface area contributed by atoms with Crippen LogP contribution in [0.2, 0.25) is 19.6 Å². The maximum atomic E-state index is 6.06. The molecular formula is C51H50IrN2OSi-2. The number of aromatic nitrogens is 2. The molecule has 0 amide bonds. The first-order valence-electron chi connectivity index (χ1n) is 19.2. The van der Waals surface area contributed by atoms with Gasteiger partial charge in [0.15, 0.2) is 0 Å². The Morgan fingerprint density at radius 1 is 0.643 bits per heavy atom. The van der Waals surface area contributed by atoms with E-state index in [1.54, 1.807) is 0 Å². The van der Waals surface area contributed by atoms with Crippen LogP contribution in [0.3, 0.4) is 0 Å². The van der Waals surface area contributed by atoms with Crippen LogP contribution in [-0.4, -0.2) is 18.0 Å². The second-order valence-corrected chi connectivity index (χ2v) is 21.5. The Hall–Kier alpha value is -4.93. The molecule has 1 radical (unpaired) electrons. The molecule has 3 heterocycles. The van der Waals surface area contributed by atoms with Gasteiger partial charge in [-0.2, -0.15) is 0 Å². The number of hydrogen-bond acceptors (Lipinski definition) is 3. The smallest absolute Gasteiger partial charge is 0.121 e. The summed E-state index contributed by atoms with van der Waals surface area (Å²) in [5.41, 5.74) is 14.5. The summed E-state index contributed by atoms with van der Waals surface area (Å²) in [5.74, 6) is 0.501. The molecule has 0 unspecified atom stereocenters. The number of rotatable bonds is 7. The van der Waals surface area contributed by atoms with Crippen molar-refractivity contribution in [3.8, 4) is 33.6 Å². The third-order valence-electron chi connectivity index (χ3n) is 10.8. The van der Waals surface area contributed by atoms with E-state index in [1.807, 2.05) is 24.4 Å². The number of furan rings is 1. The van der Waals surface area contributed by atoms with Gasteiger partial charge in [0.2, 0.25) is 0 Å². The summed E-state index contributed by atoms with van der Waals surface area (Å²) in [6, 6.07) is 49.1. The maximum absolute atomic E-state index is 6.06. The molecule has 285 valence electrons. The minimum absolute atomic E-state index is 0. The zero-order chi connectivity index (χ0) is 38.9. The molecule has 3 aromatic heterocycles. The Balaban J connectivity index is 0.000000190. The van der Waals surface area contributed by atoms with Crippen molar-refractivity contribution < 1.29 is 24.5 Å². The Morgan fingerprint density at radius 3 is 1.98 bits per heavy atom. The van der Waals surface area contributed by atoms with Gasteiger partial charge in [-0.25, -0.2) is 0 Å². The quantitative estimate of drug-likeness (QED) is 0.118. The normalized spacial score (nSPS) is 11.7. The first-order chi connectivity index (χ1) is 26.3. The summed E-state index contributed by atoms with van der Waals surface area (Å²) in [6.45, 7) is 20.5. The average molecular weight is 927 g/mol. The predicted octanol–water partition coefficient (Wildman–Crippen LogP) is 13.3. The largest absolute Gasteiger partial charge is 0.500 e. The predicted molar refractivity (Wildman–Crippen MR) is 235 cm³/mol. The zero-order valence-corrected chi connectivity index (χ0v) is 37.3. The van der Waals surface area contributed by atoms with Crippen molar-refractivity contribution in [2.24, 2.45) is 0 Å². The van der Waals surface area contributed by atoms with Gasteiger partial charge in [0.25, 0.3) is 0 Å². The monoisotopic (exact) mass is 927 g/mol. The fourth-order valence-corrected chi connectivity index (χ4v) is 8.94. The molecule has 5 aromatic carbocycles. The van der Waals surface area contributed by atoms with E-state index < -0.39 is 8.07 Å². The van der Waals surface area contributed by atoms with Crippen molar-refractivity contribution in [1.29, 1.82) is 0 Å². The molecule has 0 bridgehead atoms. The van der Waals surface area contributed by atoms with E-state index in [1.165, 1.54) is 44.1 Å². The molecule has 0 aliphatic rings. The Morgan fingerprint density at radius 2 is 1.29 bits per heavy atom. The summed E-state index contributed by atoms with van der Waals surface area (Å²) in [4.78, 5) is 9.45. The van der Waals surface area contributed by atoms with Crippen molar-refractivity contribution in [1.82, 2.24) is 9.97 Å². The van der Waals surface area contributed by atoms with Crippen LogP contribution in [-0.2, 0) is 25.5 Å². The Bertz CT molecular complexity index is 2600. The molecule has 0 aliphatic carbocycles. The SMILES string of the molecule is CC(C)c1cc(-c2[c-]ccc(-c3ccccc3)c2)ncc1[Si](C)(C)C.Cc1cc2oc3c[c-]c(-c4cc(C(C)(C)c5ccccc5)ccn4)cc3c2cc1C.[Ir]. The number of fused-ring (bicyclic) bond motifs is 3. The van der Waals surface area contributed by atoms with Crippen LogP contribution in [0.25, 0.3) is 55.6 Å². The van der Waals surface area contributed by atoms with Gasteiger partial charge >= 0.3 is 0 Å². The van der Waals surface area contributed by atoms with Gasteiger partial charge < -0.3 is 14.4 Å². The fourth-order valence-electron chi connectivity index (χ4n) is 7.26. The van der Waals surface area contributed by atoms with Crippen molar-refractivity contribution in [3.63, 3.8) is 0 Å². The van der Waals surface area contributed by atoms with Gasteiger partial charge in [0.05, 0.1) is 13.7 Å². The number of hydrogen-bond donors (Lipinski definition) is 0. The van der Waals surface area contributed by atoms with Crippen LogP contribution in [0, 0.1) is 26.0 Å². The zero-order valence-electron chi connectivity index (χ0n) is 33.9. The second-order valence-electron chi connectivity index (χ2n) is 16.5. The molecule has 0 N–H and O–H groups in total. The Kier molecular flexibility index (Phi) is 12.1. The van der Waals surface area contributed by atoms with Crippen LogP contribution in [0.4, 0.5) is 0 Å². The summed E-state index contributed by atoms with van der Waals surface area (Å²) in [5, 5.41) is 3.71. The number of pyridine rings is 2. The molecule has 8 rings (SSSR count). The van der Waals surface area contributed by atoms with Crippen molar-refractivity contribution in [2.45, 2.75) is 72.5 Å². The summed E-state index contributed by atoms with van der Waals surface area (Å²) in [6.07, 6.45) is 4.01. The number of aryl methyl sites for hydroxylation is 2. The van der Waals surface area contributed by atoms with Crippen LogP contribution in [0.5, 0.6) is 0 Å². The number of nitrogens with zero attached hydrogens (tertiary/aromatic N) is 2. The molecule has 0 spiro atoms. The molecule has 0 saturated heterocycles. The van der Waals surface area contributed by atoms with Crippen LogP contribution in [0.15, 0.2) is 138 Å². The summed E-state index contributed by atoms with van der Waals surface area (Å²) >= 11 is 0. The molecule has 5 heteroatoms. The second kappa shape index (κ2) is 16.7. The molecule has 0 saturated carbocycles. The first kappa shape index (κ1) is 40.7. The van der Waals surface area contributed by atoms with Crippen LogP contribution < -0.4 is 5.19 Å². The van der Waals surface area contributed by atoms with Gasteiger partial charge in [-0.3, -0.25) is 0 Å².